The number of allylic oxidation sites excluding steroid dienone is 2. The fourth-order valence-electron chi connectivity index (χ4n) is 2.42. The molecule has 0 aromatic rings. The molecule has 0 unspecified atom stereocenters. The molecule has 122 valence electrons. The van der Waals surface area contributed by atoms with E-state index in [-0.39, 0.29) is 17.0 Å². The summed E-state index contributed by atoms with van der Waals surface area (Å²) in [6, 6.07) is 0. The summed E-state index contributed by atoms with van der Waals surface area (Å²) < 4.78 is 0. The molecule has 0 saturated carbocycles. The molecule has 0 aromatic carbocycles. The average Bonchev–Trinajstić information content (AvgIpc) is 2.43. The minimum absolute atomic E-state index is 0. The van der Waals surface area contributed by atoms with Gasteiger partial charge in [0.2, 0.25) is 0 Å². The Morgan fingerprint density at radius 3 is 1.45 bits per heavy atom. The minimum Gasteiger partial charge on any atom is -1.00 e. The smallest absolute Gasteiger partial charge is 0.0739 e. The Kier molecular flexibility index (Phi) is 24.1. The summed E-state index contributed by atoms with van der Waals surface area (Å²) in [6.45, 7) is 3.39. The number of hydrogen-bond acceptors (Lipinski definition) is 0. The van der Waals surface area contributed by atoms with Crippen molar-refractivity contribution >= 4 is 0 Å². The Morgan fingerprint density at radius 2 is 1.00 bits per heavy atom. The van der Waals surface area contributed by atoms with Crippen molar-refractivity contribution in [2.75, 3.05) is 6.54 Å². The Morgan fingerprint density at radius 1 is 0.600 bits per heavy atom. The molecule has 0 heterocycles. The lowest BCUT2D eigenvalue weighted by molar-refractivity contribution is -0.368. The van der Waals surface area contributed by atoms with Crippen LogP contribution in [0.15, 0.2) is 12.2 Å². The normalized spacial score (nSPS) is 10.9. The van der Waals surface area contributed by atoms with Crippen molar-refractivity contribution in [3.63, 3.8) is 0 Å². The van der Waals surface area contributed by atoms with E-state index in [0.29, 0.717) is 0 Å². The molecule has 0 spiro atoms. The molecule has 3 N–H and O–H groups in total. The molecule has 0 aromatic heterocycles. The predicted molar refractivity (Wildman–Crippen MR) is 87.2 cm³/mol. The number of rotatable bonds is 15. The molecule has 0 rings (SSSR count). The first-order valence-electron chi connectivity index (χ1n) is 8.86. The van der Waals surface area contributed by atoms with Gasteiger partial charge >= 0.3 is 0 Å². The zero-order valence-electron chi connectivity index (χ0n) is 13.8. The van der Waals surface area contributed by atoms with Gasteiger partial charge in [0, 0.05) is 0 Å². The molecular formula is C18H38BrN. The lowest BCUT2D eigenvalue weighted by Crippen LogP contribution is -3.00. The first-order valence-corrected chi connectivity index (χ1v) is 8.86. The summed E-state index contributed by atoms with van der Waals surface area (Å²) in [7, 11) is 0. The maximum Gasteiger partial charge on any atom is 0.0739 e. The van der Waals surface area contributed by atoms with E-state index in [9.17, 15) is 0 Å². The van der Waals surface area contributed by atoms with Crippen LogP contribution in [0.1, 0.15) is 96.8 Å². The van der Waals surface area contributed by atoms with Crippen LogP contribution in [-0.2, 0) is 0 Å². The maximum absolute atomic E-state index is 3.88. The lowest BCUT2D eigenvalue weighted by atomic mass is 10.1. The van der Waals surface area contributed by atoms with Crippen LogP contribution >= 0.6 is 0 Å². The highest BCUT2D eigenvalue weighted by atomic mass is 79.9. The molecule has 20 heavy (non-hydrogen) atoms. The second-order valence-electron chi connectivity index (χ2n) is 5.79. The van der Waals surface area contributed by atoms with Crippen molar-refractivity contribution in [1.29, 1.82) is 0 Å². The molecule has 0 radical (unpaired) electrons. The molecule has 0 aliphatic heterocycles. The van der Waals surface area contributed by atoms with Gasteiger partial charge < -0.3 is 22.7 Å². The minimum atomic E-state index is 0. The van der Waals surface area contributed by atoms with Crippen LogP contribution in [-0.4, -0.2) is 6.54 Å². The Hall–Kier alpha value is 0.180. The fourth-order valence-corrected chi connectivity index (χ4v) is 2.42. The van der Waals surface area contributed by atoms with Crippen LogP contribution in [0.4, 0.5) is 0 Å². The van der Waals surface area contributed by atoms with Gasteiger partial charge in [0.25, 0.3) is 0 Å². The van der Waals surface area contributed by atoms with Gasteiger partial charge in [0.1, 0.15) is 0 Å². The quantitative estimate of drug-likeness (QED) is 0.347. The first kappa shape index (κ1) is 22.5. The molecule has 0 amide bonds. The number of halogens is 1. The van der Waals surface area contributed by atoms with Crippen molar-refractivity contribution in [2.45, 2.75) is 96.8 Å². The van der Waals surface area contributed by atoms with Crippen LogP contribution in [0.5, 0.6) is 0 Å². The molecule has 1 nitrogen and oxygen atoms in total. The van der Waals surface area contributed by atoms with E-state index < -0.39 is 0 Å². The molecule has 2 heteroatoms. The lowest BCUT2D eigenvalue weighted by Gasteiger charge is -1.99. The zero-order chi connectivity index (χ0) is 14.0. The molecule has 0 saturated heterocycles. The van der Waals surface area contributed by atoms with Crippen molar-refractivity contribution in [3.05, 3.63) is 12.2 Å². The van der Waals surface area contributed by atoms with Crippen molar-refractivity contribution in [1.82, 2.24) is 0 Å². The molecular weight excluding hydrogens is 310 g/mol. The average molecular weight is 348 g/mol. The monoisotopic (exact) mass is 347 g/mol. The third-order valence-electron chi connectivity index (χ3n) is 3.76. The summed E-state index contributed by atoms with van der Waals surface area (Å²) in [5.74, 6) is 0. The Bertz CT molecular complexity index is 180. The number of unbranched alkanes of at least 4 members (excludes halogenated alkanes) is 12. The van der Waals surface area contributed by atoms with E-state index in [1.807, 2.05) is 0 Å². The van der Waals surface area contributed by atoms with Crippen LogP contribution in [0.25, 0.3) is 0 Å². The van der Waals surface area contributed by atoms with Crippen molar-refractivity contribution in [2.24, 2.45) is 0 Å². The van der Waals surface area contributed by atoms with Crippen LogP contribution < -0.4 is 22.7 Å². The molecule has 0 aliphatic rings. The molecule has 0 aliphatic carbocycles. The highest BCUT2D eigenvalue weighted by Crippen LogP contribution is 2.09. The summed E-state index contributed by atoms with van der Waals surface area (Å²) >= 11 is 0. The van der Waals surface area contributed by atoms with E-state index >= 15 is 0 Å². The summed E-state index contributed by atoms with van der Waals surface area (Å²) in [6.07, 6.45) is 24.2. The van der Waals surface area contributed by atoms with Crippen LogP contribution in [0, 0.1) is 0 Å². The third kappa shape index (κ3) is 20.5. The van der Waals surface area contributed by atoms with E-state index in [1.165, 1.54) is 89.9 Å². The van der Waals surface area contributed by atoms with Gasteiger partial charge in [0.05, 0.1) is 6.54 Å². The van der Waals surface area contributed by atoms with Gasteiger partial charge in [-0.25, -0.2) is 0 Å². The van der Waals surface area contributed by atoms with Crippen LogP contribution in [0.2, 0.25) is 0 Å². The SMILES string of the molecule is CCCCCCCC/C=C\CCCCCCCC[NH3+].[Br-]. The zero-order valence-corrected chi connectivity index (χ0v) is 15.4. The summed E-state index contributed by atoms with van der Waals surface area (Å²) in [5, 5.41) is 0. The maximum atomic E-state index is 3.88. The van der Waals surface area contributed by atoms with E-state index in [1.54, 1.807) is 0 Å². The Labute approximate surface area is 138 Å². The highest BCUT2D eigenvalue weighted by Gasteiger charge is 1.90. The highest BCUT2D eigenvalue weighted by molar-refractivity contribution is 4.81. The largest absolute Gasteiger partial charge is 1.00 e. The number of quaternary nitrogens is 1. The molecule has 0 atom stereocenters. The topological polar surface area (TPSA) is 27.6 Å². The van der Waals surface area contributed by atoms with Crippen LogP contribution in [0.3, 0.4) is 0 Å². The first-order chi connectivity index (χ1) is 9.41. The van der Waals surface area contributed by atoms with Crippen molar-refractivity contribution in [3.8, 4) is 0 Å². The van der Waals surface area contributed by atoms with Gasteiger partial charge in [-0.1, -0.05) is 70.4 Å². The summed E-state index contributed by atoms with van der Waals surface area (Å²) in [5.41, 5.74) is 3.88. The van der Waals surface area contributed by atoms with Gasteiger partial charge in [0.15, 0.2) is 0 Å². The fraction of sp³-hybridized carbons (Fsp3) is 0.889. The van der Waals surface area contributed by atoms with E-state index in [2.05, 4.69) is 24.8 Å². The van der Waals surface area contributed by atoms with Gasteiger partial charge in [-0.3, -0.25) is 0 Å². The summed E-state index contributed by atoms with van der Waals surface area (Å²) in [4.78, 5) is 0. The third-order valence-corrected chi connectivity index (χ3v) is 3.76. The van der Waals surface area contributed by atoms with Gasteiger partial charge in [-0.2, -0.15) is 0 Å². The number of hydrogen-bond donors (Lipinski definition) is 1. The second kappa shape index (κ2) is 21.5. The van der Waals surface area contributed by atoms with Gasteiger partial charge in [-0.15, -0.1) is 0 Å². The standard InChI is InChI=1S/C18H37N.BrH/c1-2-3-4-5-6-7-8-9-10-11-12-13-14-15-16-17-18-19;/h9-10H,2-8,11-19H2,1H3;1H/b10-9-;. The Balaban J connectivity index is 0. The van der Waals surface area contributed by atoms with E-state index in [4.69, 9.17) is 0 Å². The second-order valence-corrected chi connectivity index (χ2v) is 5.79. The van der Waals surface area contributed by atoms with Crippen molar-refractivity contribution < 1.29 is 22.7 Å². The molecule has 0 bridgehead atoms. The molecule has 0 fully saturated rings. The van der Waals surface area contributed by atoms with Gasteiger partial charge in [-0.05, 0) is 38.5 Å². The van der Waals surface area contributed by atoms with E-state index in [0.717, 1.165) is 6.54 Å². The predicted octanol–water partition coefficient (Wildman–Crippen LogP) is 2.27.